The summed E-state index contributed by atoms with van der Waals surface area (Å²) in [5.41, 5.74) is 1.25. The number of nitrogens with one attached hydrogen (secondary N) is 1. The van der Waals surface area contributed by atoms with E-state index in [2.05, 4.69) is 31.3 Å². The molecule has 22 heavy (non-hydrogen) atoms. The van der Waals surface area contributed by atoms with Crippen LogP contribution in [0.1, 0.15) is 38.3 Å². The summed E-state index contributed by atoms with van der Waals surface area (Å²) in [5, 5.41) is 3.63. The van der Waals surface area contributed by atoms with Crippen molar-refractivity contribution in [2.75, 3.05) is 25.2 Å². The van der Waals surface area contributed by atoms with Crippen molar-refractivity contribution in [3.05, 3.63) is 29.8 Å². The van der Waals surface area contributed by atoms with Crippen LogP contribution < -0.4 is 10.1 Å². The molecular weight excluding hydrogens is 298 g/mol. The molecule has 0 bridgehead atoms. The molecular formula is C17H27NO3S. The number of sulfone groups is 1. The van der Waals surface area contributed by atoms with Crippen LogP contribution in [0.15, 0.2) is 24.3 Å². The number of ether oxygens (including phenoxy) is 1. The smallest absolute Gasteiger partial charge is 0.150 e. The molecule has 1 heterocycles. The second-order valence-electron chi connectivity index (χ2n) is 6.50. The van der Waals surface area contributed by atoms with E-state index in [9.17, 15) is 8.42 Å². The van der Waals surface area contributed by atoms with E-state index in [1.807, 2.05) is 12.1 Å². The Morgan fingerprint density at radius 3 is 2.27 bits per heavy atom. The number of methoxy groups -OCH3 is 1. The van der Waals surface area contributed by atoms with Gasteiger partial charge in [-0.25, -0.2) is 8.42 Å². The van der Waals surface area contributed by atoms with E-state index in [0.29, 0.717) is 23.3 Å². The van der Waals surface area contributed by atoms with Crippen molar-refractivity contribution in [3.8, 4) is 5.75 Å². The van der Waals surface area contributed by atoms with Gasteiger partial charge < -0.3 is 10.1 Å². The summed E-state index contributed by atoms with van der Waals surface area (Å²) in [5.74, 6) is 2.48. The summed E-state index contributed by atoms with van der Waals surface area (Å²) in [4.78, 5) is 0. The minimum absolute atomic E-state index is 0.282. The van der Waals surface area contributed by atoms with E-state index in [1.54, 1.807) is 7.11 Å². The lowest BCUT2D eigenvalue weighted by Crippen LogP contribution is -2.34. The van der Waals surface area contributed by atoms with Gasteiger partial charge in [0, 0.05) is 6.04 Å². The summed E-state index contributed by atoms with van der Waals surface area (Å²) < 4.78 is 28.2. The SMILES string of the molecule is COc1ccc([C@@H](NCC2CCS(=O)(=O)CC2)C(C)C)cc1. The van der Waals surface area contributed by atoms with E-state index in [4.69, 9.17) is 4.74 Å². The van der Waals surface area contributed by atoms with E-state index in [0.717, 1.165) is 25.1 Å². The van der Waals surface area contributed by atoms with Crippen LogP contribution in [0, 0.1) is 11.8 Å². The molecule has 124 valence electrons. The lowest BCUT2D eigenvalue weighted by molar-refractivity contribution is 0.353. The van der Waals surface area contributed by atoms with Crippen molar-refractivity contribution in [2.45, 2.75) is 32.7 Å². The minimum Gasteiger partial charge on any atom is -0.497 e. The quantitative estimate of drug-likeness (QED) is 0.874. The molecule has 4 nitrogen and oxygen atoms in total. The van der Waals surface area contributed by atoms with Crippen molar-refractivity contribution in [2.24, 2.45) is 11.8 Å². The second kappa shape index (κ2) is 7.47. The number of benzene rings is 1. The summed E-state index contributed by atoms with van der Waals surface area (Å²) in [6.45, 7) is 5.28. The highest BCUT2D eigenvalue weighted by molar-refractivity contribution is 7.91. The fraction of sp³-hybridized carbons (Fsp3) is 0.647. The van der Waals surface area contributed by atoms with Gasteiger partial charge in [-0.2, -0.15) is 0 Å². The van der Waals surface area contributed by atoms with Crippen molar-refractivity contribution < 1.29 is 13.2 Å². The van der Waals surface area contributed by atoms with Crippen LogP contribution in [-0.4, -0.2) is 33.6 Å². The molecule has 0 amide bonds. The first-order valence-electron chi connectivity index (χ1n) is 7.99. The standard InChI is InChI=1S/C17H27NO3S/c1-13(2)17(15-4-6-16(21-3)7-5-15)18-12-14-8-10-22(19,20)11-9-14/h4-7,13-14,17-18H,8-12H2,1-3H3/t17-/m0/s1. The molecule has 1 saturated heterocycles. The third kappa shape index (κ3) is 4.71. The molecule has 0 spiro atoms. The van der Waals surface area contributed by atoms with Gasteiger partial charge in [0.15, 0.2) is 0 Å². The average Bonchev–Trinajstić information content (AvgIpc) is 2.49. The molecule has 1 fully saturated rings. The Morgan fingerprint density at radius 2 is 1.77 bits per heavy atom. The first-order valence-corrected chi connectivity index (χ1v) is 9.81. The third-order valence-electron chi connectivity index (χ3n) is 4.44. The highest BCUT2D eigenvalue weighted by Crippen LogP contribution is 2.25. The summed E-state index contributed by atoms with van der Waals surface area (Å²) >= 11 is 0. The zero-order chi connectivity index (χ0) is 16.2. The van der Waals surface area contributed by atoms with E-state index < -0.39 is 9.84 Å². The molecule has 0 aromatic heterocycles. The van der Waals surface area contributed by atoms with Gasteiger partial charge in [0.2, 0.25) is 0 Å². The summed E-state index contributed by atoms with van der Waals surface area (Å²) in [6.07, 6.45) is 1.56. The Balaban J connectivity index is 1.94. The number of rotatable bonds is 6. The lowest BCUT2D eigenvalue weighted by Gasteiger charge is -2.28. The Labute approximate surface area is 134 Å². The monoisotopic (exact) mass is 325 g/mol. The molecule has 1 aromatic rings. The van der Waals surface area contributed by atoms with Gasteiger partial charge in [0.05, 0.1) is 18.6 Å². The molecule has 0 saturated carbocycles. The van der Waals surface area contributed by atoms with Gasteiger partial charge in [-0.05, 0) is 48.9 Å². The first kappa shape index (κ1) is 17.3. The predicted molar refractivity (Wildman–Crippen MR) is 90.0 cm³/mol. The molecule has 0 radical (unpaired) electrons. The van der Waals surface area contributed by atoms with Crippen LogP contribution in [0.25, 0.3) is 0 Å². The average molecular weight is 325 g/mol. The Bertz CT molecular complexity index is 552. The van der Waals surface area contributed by atoms with Crippen molar-refractivity contribution >= 4 is 9.84 Å². The maximum Gasteiger partial charge on any atom is 0.150 e. The fourth-order valence-electron chi connectivity index (χ4n) is 2.99. The lowest BCUT2D eigenvalue weighted by atomic mass is 9.94. The van der Waals surface area contributed by atoms with Crippen LogP contribution >= 0.6 is 0 Å². The molecule has 1 aliphatic heterocycles. The third-order valence-corrected chi connectivity index (χ3v) is 6.16. The van der Waals surface area contributed by atoms with Gasteiger partial charge in [-0.15, -0.1) is 0 Å². The zero-order valence-corrected chi connectivity index (χ0v) is 14.5. The van der Waals surface area contributed by atoms with Gasteiger partial charge in [-0.3, -0.25) is 0 Å². The highest BCUT2D eigenvalue weighted by atomic mass is 32.2. The van der Waals surface area contributed by atoms with Gasteiger partial charge in [0.25, 0.3) is 0 Å². The van der Waals surface area contributed by atoms with Crippen LogP contribution in [0.4, 0.5) is 0 Å². The molecule has 1 N–H and O–H groups in total. The summed E-state index contributed by atoms with van der Waals surface area (Å²) in [6, 6.07) is 8.45. The maximum absolute atomic E-state index is 11.5. The van der Waals surface area contributed by atoms with Crippen LogP contribution in [-0.2, 0) is 9.84 Å². The van der Waals surface area contributed by atoms with Gasteiger partial charge in [-0.1, -0.05) is 26.0 Å². The minimum atomic E-state index is -2.77. The van der Waals surface area contributed by atoms with Crippen molar-refractivity contribution in [1.82, 2.24) is 5.32 Å². The highest BCUT2D eigenvalue weighted by Gasteiger charge is 2.24. The van der Waals surface area contributed by atoms with E-state index in [1.165, 1.54) is 5.56 Å². The topological polar surface area (TPSA) is 55.4 Å². The Kier molecular flexibility index (Phi) is 5.87. The summed E-state index contributed by atoms with van der Waals surface area (Å²) in [7, 11) is -1.10. The number of hydrogen-bond acceptors (Lipinski definition) is 4. The molecule has 1 atom stereocenters. The predicted octanol–water partition coefficient (Wildman–Crippen LogP) is 2.81. The first-order chi connectivity index (χ1) is 10.4. The van der Waals surface area contributed by atoms with E-state index >= 15 is 0 Å². The maximum atomic E-state index is 11.5. The zero-order valence-electron chi connectivity index (χ0n) is 13.7. The molecule has 5 heteroatoms. The molecule has 2 rings (SSSR count). The second-order valence-corrected chi connectivity index (χ2v) is 8.80. The molecule has 1 aromatic carbocycles. The molecule has 0 unspecified atom stereocenters. The van der Waals surface area contributed by atoms with Crippen LogP contribution in [0.2, 0.25) is 0 Å². The normalized spacial score (nSPS) is 20.0. The van der Waals surface area contributed by atoms with E-state index in [-0.39, 0.29) is 6.04 Å². The fourth-order valence-corrected chi connectivity index (χ4v) is 4.58. The Morgan fingerprint density at radius 1 is 1.18 bits per heavy atom. The largest absolute Gasteiger partial charge is 0.497 e. The molecule has 0 aliphatic carbocycles. The van der Waals surface area contributed by atoms with Gasteiger partial charge >= 0.3 is 0 Å². The van der Waals surface area contributed by atoms with Crippen LogP contribution in [0.5, 0.6) is 5.75 Å². The van der Waals surface area contributed by atoms with Crippen LogP contribution in [0.3, 0.4) is 0 Å². The molecule has 1 aliphatic rings. The van der Waals surface area contributed by atoms with Crippen molar-refractivity contribution in [1.29, 1.82) is 0 Å². The Hall–Kier alpha value is -1.07. The number of hydrogen-bond donors (Lipinski definition) is 1. The van der Waals surface area contributed by atoms with Gasteiger partial charge in [0.1, 0.15) is 15.6 Å². The van der Waals surface area contributed by atoms with Crippen molar-refractivity contribution in [3.63, 3.8) is 0 Å².